The molecule has 0 amide bonds. The Morgan fingerprint density at radius 3 is 2.96 bits per heavy atom. The Hall–Kier alpha value is -1.79. The number of fused-ring (bicyclic) bond motifs is 4. The summed E-state index contributed by atoms with van der Waals surface area (Å²) in [5.74, 6) is 1.30. The zero-order valence-electron chi connectivity index (χ0n) is 13.5. The van der Waals surface area contributed by atoms with Gasteiger partial charge in [-0.25, -0.2) is 5.01 Å². The van der Waals surface area contributed by atoms with Crippen LogP contribution in [0.15, 0.2) is 57.1 Å². The Balaban J connectivity index is 1.64. The second kappa shape index (κ2) is 5.61. The second-order valence-electron chi connectivity index (χ2n) is 6.69. The van der Waals surface area contributed by atoms with Crippen LogP contribution in [0.5, 0.6) is 5.75 Å². The number of hydrazone groups is 1. The summed E-state index contributed by atoms with van der Waals surface area (Å²) in [5.41, 5.74) is 1.57. The molecule has 1 spiro atoms. The van der Waals surface area contributed by atoms with Gasteiger partial charge in [-0.2, -0.15) is 5.10 Å². The fourth-order valence-corrected chi connectivity index (χ4v) is 5.37. The third-order valence-electron chi connectivity index (χ3n) is 5.08. The summed E-state index contributed by atoms with van der Waals surface area (Å²) in [6.45, 7) is 0. The number of nitrogens with zero attached hydrogens (tertiary/aromatic N) is 2. The van der Waals surface area contributed by atoms with Crippen molar-refractivity contribution >= 4 is 33.0 Å². The quantitative estimate of drug-likeness (QED) is 0.678. The summed E-state index contributed by atoms with van der Waals surface area (Å²) < 4.78 is 7.52. The molecule has 2 atom stereocenters. The highest BCUT2D eigenvalue weighted by molar-refractivity contribution is 9.11. The highest BCUT2D eigenvalue weighted by Gasteiger charge is 2.50. The van der Waals surface area contributed by atoms with Crippen molar-refractivity contribution < 1.29 is 9.84 Å². The normalized spacial score (nSPS) is 27.4. The maximum Gasteiger partial charge on any atom is 0.220 e. The molecule has 3 aliphatic rings. The molecule has 0 saturated carbocycles. The number of allylic oxidation sites excluding steroid dienone is 1. The Kier molecular flexibility index (Phi) is 3.47. The number of thiophene rings is 1. The molecule has 0 radical (unpaired) electrons. The van der Waals surface area contributed by atoms with E-state index in [2.05, 4.69) is 39.1 Å². The van der Waals surface area contributed by atoms with Crippen molar-refractivity contribution in [2.45, 2.75) is 37.5 Å². The van der Waals surface area contributed by atoms with E-state index in [0.29, 0.717) is 12.2 Å². The molecule has 1 aromatic heterocycles. The Morgan fingerprint density at radius 2 is 2.16 bits per heavy atom. The van der Waals surface area contributed by atoms with Crippen molar-refractivity contribution in [1.82, 2.24) is 5.01 Å². The van der Waals surface area contributed by atoms with Gasteiger partial charge in [0.25, 0.3) is 0 Å². The van der Waals surface area contributed by atoms with Crippen LogP contribution in [0, 0.1) is 0 Å². The maximum atomic E-state index is 10.2. The van der Waals surface area contributed by atoms with E-state index in [9.17, 15) is 5.11 Å². The van der Waals surface area contributed by atoms with Crippen LogP contribution in [0.4, 0.5) is 0 Å². The van der Waals surface area contributed by atoms with Crippen LogP contribution in [-0.4, -0.2) is 21.6 Å². The number of ether oxygens (including phenoxy) is 1. The van der Waals surface area contributed by atoms with Crippen LogP contribution >= 0.6 is 27.3 Å². The van der Waals surface area contributed by atoms with Crippen molar-refractivity contribution in [1.29, 1.82) is 0 Å². The highest BCUT2D eigenvalue weighted by atomic mass is 79.9. The Bertz CT molecular complexity index is 906. The lowest BCUT2D eigenvalue weighted by atomic mass is 9.90. The molecule has 4 nitrogen and oxygen atoms in total. The van der Waals surface area contributed by atoms with Crippen LogP contribution in [0.25, 0.3) is 0 Å². The highest BCUT2D eigenvalue weighted by Crippen LogP contribution is 2.50. The predicted molar refractivity (Wildman–Crippen MR) is 102 cm³/mol. The van der Waals surface area contributed by atoms with Gasteiger partial charge in [0.05, 0.1) is 26.2 Å². The van der Waals surface area contributed by atoms with Gasteiger partial charge in [-0.3, -0.25) is 0 Å². The molecule has 3 heterocycles. The van der Waals surface area contributed by atoms with Gasteiger partial charge in [0.15, 0.2) is 0 Å². The molecule has 0 bridgehead atoms. The molecule has 6 heteroatoms. The van der Waals surface area contributed by atoms with Gasteiger partial charge in [0, 0.05) is 30.9 Å². The van der Waals surface area contributed by atoms with Crippen LogP contribution in [-0.2, 0) is 0 Å². The van der Waals surface area contributed by atoms with Crippen LogP contribution in [0.2, 0.25) is 0 Å². The third kappa shape index (κ3) is 2.42. The van der Waals surface area contributed by atoms with Crippen LogP contribution in [0.1, 0.15) is 42.2 Å². The fourth-order valence-electron chi connectivity index (χ4n) is 3.99. The number of aliphatic hydroxyl groups is 1. The number of benzene rings is 1. The zero-order chi connectivity index (χ0) is 17.0. The fraction of sp³-hybridized carbons (Fsp3) is 0.316. The molecule has 2 aromatic rings. The van der Waals surface area contributed by atoms with Gasteiger partial charge in [0.1, 0.15) is 5.75 Å². The first-order valence-electron chi connectivity index (χ1n) is 8.46. The van der Waals surface area contributed by atoms with E-state index in [1.54, 1.807) is 11.3 Å². The molecule has 0 unspecified atom stereocenters. The SMILES string of the molecule is OC1=C[C@]2(CCC1)Oc1ccccc1[C@@H]1CC(c3ccc(Br)s3)=NN12. The summed E-state index contributed by atoms with van der Waals surface area (Å²) in [6, 6.07) is 12.5. The summed E-state index contributed by atoms with van der Waals surface area (Å²) >= 11 is 5.24. The van der Waals surface area contributed by atoms with Crippen molar-refractivity contribution in [3.05, 3.63) is 62.5 Å². The Morgan fingerprint density at radius 1 is 1.28 bits per heavy atom. The maximum absolute atomic E-state index is 10.2. The summed E-state index contributed by atoms with van der Waals surface area (Å²) in [5, 5.41) is 17.2. The van der Waals surface area contributed by atoms with E-state index in [4.69, 9.17) is 9.84 Å². The number of rotatable bonds is 1. The van der Waals surface area contributed by atoms with E-state index in [1.807, 2.05) is 24.3 Å². The molecule has 2 aliphatic heterocycles. The molecule has 5 rings (SSSR count). The third-order valence-corrected chi connectivity index (χ3v) is 6.75. The summed E-state index contributed by atoms with van der Waals surface area (Å²) in [6.07, 6.45) is 5.13. The number of aliphatic hydroxyl groups excluding tert-OH is 1. The van der Waals surface area contributed by atoms with Gasteiger partial charge in [-0.15, -0.1) is 11.3 Å². The first kappa shape index (κ1) is 15.5. The molecule has 0 saturated heterocycles. The monoisotopic (exact) mass is 416 g/mol. The van der Waals surface area contributed by atoms with Gasteiger partial charge in [-0.1, -0.05) is 18.2 Å². The summed E-state index contributed by atoms with van der Waals surface area (Å²) in [4.78, 5) is 1.18. The lowest BCUT2D eigenvalue weighted by Gasteiger charge is -2.47. The van der Waals surface area contributed by atoms with E-state index >= 15 is 0 Å². The smallest absolute Gasteiger partial charge is 0.220 e. The Labute approximate surface area is 158 Å². The van der Waals surface area contributed by atoms with Crippen molar-refractivity contribution in [2.75, 3.05) is 0 Å². The number of hydrogen-bond donors (Lipinski definition) is 1. The van der Waals surface area contributed by atoms with E-state index < -0.39 is 5.72 Å². The lowest BCUT2D eigenvalue weighted by Crippen LogP contribution is -2.53. The largest absolute Gasteiger partial charge is 0.512 e. The molecule has 1 aliphatic carbocycles. The minimum Gasteiger partial charge on any atom is -0.512 e. The van der Waals surface area contributed by atoms with E-state index in [0.717, 1.165) is 34.5 Å². The standard InChI is InChI=1S/C19H17BrN2O2S/c20-18-8-7-17(25-18)14-10-15-13-5-1-2-6-16(13)24-19(22(15)21-14)9-3-4-12(23)11-19/h1-2,5-8,11,15,23H,3-4,9-10H2/t15-,19-/m0/s1. The van der Waals surface area contributed by atoms with Crippen LogP contribution < -0.4 is 4.74 Å². The van der Waals surface area contributed by atoms with E-state index in [-0.39, 0.29) is 6.04 Å². The predicted octanol–water partition coefficient (Wildman–Crippen LogP) is 5.38. The first-order chi connectivity index (χ1) is 12.1. The molecule has 0 fully saturated rings. The van der Waals surface area contributed by atoms with Gasteiger partial charge >= 0.3 is 0 Å². The van der Waals surface area contributed by atoms with Gasteiger partial charge < -0.3 is 9.84 Å². The zero-order valence-corrected chi connectivity index (χ0v) is 15.9. The average Bonchev–Trinajstić information content (AvgIpc) is 3.22. The van der Waals surface area contributed by atoms with Crippen molar-refractivity contribution in [3.63, 3.8) is 0 Å². The molecular weight excluding hydrogens is 400 g/mol. The number of halogens is 1. The minimum atomic E-state index is -0.683. The van der Waals surface area contributed by atoms with Gasteiger partial charge in [0.2, 0.25) is 5.72 Å². The first-order valence-corrected chi connectivity index (χ1v) is 10.1. The number of hydrogen-bond acceptors (Lipinski definition) is 5. The molecule has 25 heavy (non-hydrogen) atoms. The second-order valence-corrected chi connectivity index (χ2v) is 9.15. The topological polar surface area (TPSA) is 45.1 Å². The van der Waals surface area contributed by atoms with Crippen LogP contribution in [0.3, 0.4) is 0 Å². The molecule has 1 N–H and O–H groups in total. The molecule has 128 valence electrons. The number of para-hydroxylation sites is 1. The lowest BCUT2D eigenvalue weighted by molar-refractivity contribution is -0.0944. The summed E-state index contributed by atoms with van der Waals surface area (Å²) in [7, 11) is 0. The van der Waals surface area contributed by atoms with Crippen molar-refractivity contribution in [2.24, 2.45) is 5.10 Å². The van der Waals surface area contributed by atoms with E-state index in [1.165, 1.54) is 10.4 Å². The molecule has 1 aromatic carbocycles. The van der Waals surface area contributed by atoms with Crippen molar-refractivity contribution in [3.8, 4) is 5.75 Å². The van der Waals surface area contributed by atoms with Gasteiger partial charge in [-0.05, 0) is 40.5 Å². The molecular formula is C19H17BrN2O2S. The average molecular weight is 417 g/mol. The minimum absolute atomic E-state index is 0.142.